The molecule has 1 N–H and O–H groups in total. The van der Waals surface area contributed by atoms with E-state index in [2.05, 4.69) is 30.3 Å². The monoisotopic (exact) mass is 447 g/mol. The van der Waals surface area contributed by atoms with Crippen LogP contribution in [0, 0.1) is 5.92 Å². The first kappa shape index (κ1) is 21.0. The number of hydrogen-bond acceptors (Lipinski definition) is 6. The van der Waals surface area contributed by atoms with Gasteiger partial charge in [-0.15, -0.1) is 5.10 Å². The highest BCUT2D eigenvalue weighted by atomic mass is 16.1. The van der Waals surface area contributed by atoms with Crippen molar-refractivity contribution in [2.45, 2.75) is 57.5 Å². The minimum atomic E-state index is 0.148. The predicted molar refractivity (Wildman–Crippen MR) is 127 cm³/mol. The van der Waals surface area contributed by atoms with Gasteiger partial charge in [-0.05, 0) is 76.3 Å². The highest BCUT2D eigenvalue weighted by molar-refractivity contribution is 6.06. The molecule has 0 radical (unpaired) electrons. The lowest BCUT2D eigenvalue weighted by atomic mass is 9.81. The molecule has 3 aromatic rings. The van der Waals surface area contributed by atoms with Crippen molar-refractivity contribution in [3.63, 3.8) is 0 Å². The molecule has 174 valence electrons. The number of benzene rings is 1. The third-order valence-corrected chi connectivity index (χ3v) is 7.95. The van der Waals surface area contributed by atoms with Crippen molar-refractivity contribution in [2.75, 3.05) is 32.7 Å². The number of Topliss-reactive ketones (excluding diaryl/α,β-unsaturated/α-hetero) is 1. The zero-order valence-electron chi connectivity index (χ0n) is 19.2. The first-order valence-electron chi connectivity index (χ1n) is 12.6. The molecule has 2 bridgehead atoms. The van der Waals surface area contributed by atoms with Crippen LogP contribution in [0.15, 0.2) is 24.4 Å². The van der Waals surface area contributed by atoms with E-state index < -0.39 is 0 Å². The van der Waals surface area contributed by atoms with Crippen LogP contribution in [-0.2, 0) is 6.54 Å². The molecule has 7 rings (SSSR count). The number of H-pyrrole nitrogens is 1. The smallest absolute Gasteiger partial charge is 0.185 e. The number of piperidine rings is 4. The summed E-state index contributed by atoms with van der Waals surface area (Å²) >= 11 is 0. The summed E-state index contributed by atoms with van der Waals surface area (Å²) in [6.07, 6.45) is 10.3. The van der Waals surface area contributed by atoms with Gasteiger partial charge in [0.2, 0.25) is 0 Å². The topological polar surface area (TPSA) is 82.9 Å². The summed E-state index contributed by atoms with van der Waals surface area (Å²) in [5.74, 6) is 0.953. The highest BCUT2D eigenvalue weighted by Crippen LogP contribution is 2.34. The van der Waals surface area contributed by atoms with Crippen LogP contribution in [0.3, 0.4) is 0 Å². The molecule has 1 aromatic carbocycles. The zero-order chi connectivity index (χ0) is 22.2. The molecule has 4 aliphatic rings. The van der Waals surface area contributed by atoms with E-state index >= 15 is 0 Å². The molecule has 4 saturated heterocycles. The zero-order valence-corrected chi connectivity index (χ0v) is 19.2. The maximum Gasteiger partial charge on any atom is 0.185 e. The number of carbonyl (C=O) groups is 1. The van der Waals surface area contributed by atoms with Crippen LogP contribution in [-0.4, -0.2) is 79.5 Å². The normalized spacial score (nSPS) is 25.6. The van der Waals surface area contributed by atoms with Crippen molar-refractivity contribution >= 4 is 16.7 Å². The molecule has 4 aliphatic heterocycles. The lowest BCUT2D eigenvalue weighted by molar-refractivity contribution is 0.0427. The van der Waals surface area contributed by atoms with E-state index in [1.165, 1.54) is 45.2 Å². The fourth-order valence-corrected chi connectivity index (χ4v) is 5.97. The second-order valence-corrected chi connectivity index (χ2v) is 10.1. The Hall–Kier alpha value is -2.58. The molecule has 1 atom stereocenters. The van der Waals surface area contributed by atoms with Gasteiger partial charge in [0, 0.05) is 30.0 Å². The maximum atomic E-state index is 13.1. The second kappa shape index (κ2) is 8.99. The Kier molecular flexibility index (Phi) is 5.72. The number of aromatic amines is 1. The van der Waals surface area contributed by atoms with Crippen LogP contribution in [0.2, 0.25) is 0 Å². The van der Waals surface area contributed by atoms with Crippen LogP contribution in [0.4, 0.5) is 0 Å². The van der Waals surface area contributed by atoms with E-state index in [0.717, 1.165) is 60.7 Å². The van der Waals surface area contributed by atoms with Crippen LogP contribution >= 0.6 is 0 Å². The Balaban J connectivity index is 1.13. The number of likely N-dealkylation sites (tertiary alicyclic amines) is 1. The van der Waals surface area contributed by atoms with Gasteiger partial charge in [-0.2, -0.15) is 5.10 Å². The third-order valence-electron chi connectivity index (χ3n) is 7.95. The standard InChI is InChI=1S/C25H33N7O/c33-24(16-20-14-18-6-10-31(20)11-7-18)25-21-5-4-19(15-22(21)26-28-25)23-17-32(29-27-23)13-12-30-8-2-1-3-9-30/h4-5,15,17-18,20H,1-3,6-14,16H2,(H,26,28)/t20-/m0/s1. The van der Waals surface area contributed by atoms with Crippen molar-refractivity contribution in [1.29, 1.82) is 0 Å². The Morgan fingerprint density at radius 2 is 1.91 bits per heavy atom. The molecule has 6 heterocycles. The van der Waals surface area contributed by atoms with Crippen molar-refractivity contribution in [2.24, 2.45) is 5.92 Å². The molecule has 8 nitrogen and oxygen atoms in total. The molecule has 0 saturated carbocycles. The number of fused-ring (bicyclic) bond motifs is 4. The van der Waals surface area contributed by atoms with Gasteiger partial charge < -0.3 is 4.90 Å². The van der Waals surface area contributed by atoms with Gasteiger partial charge in [-0.3, -0.25) is 19.5 Å². The Labute approximate surface area is 194 Å². The van der Waals surface area contributed by atoms with Crippen molar-refractivity contribution in [1.82, 2.24) is 35.0 Å². The number of carbonyl (C=O) groups excluding carboxylic acids is 1. The Morgan fingerprint density at radius 3 is 2.70 bits per heavy atom. The van der Waals surface area contributed by atoms with Gasteiger partial charge in [0.1, 0.15) is 11.4 Å². The summed E-state index contributed by atoms with van der Waals surface area (Å²) in [5.41, 5.74) is 3.29. The van der Waals surface area contributed by atoms with Crippen molar-refractivity contribution < 1.29 is 4.79 Å². The molecule has 33 heavy (non-hydrogen) atoms. The average molecular weight is 448 g/mol. The molecule has 0 aliphatic carbocycles. The number of rotatable bonds is 7. The highest BCUT2D eigenvalue weighted by Gasteiger charge is 2.35. The van der Waals surface area contributed by atoms with Gasteiger partial charge in [-0.1, -0.05) is 17.7 Å². The van der Waals surface area contributed by atoms with Crippen molar-refractivity contribution in [3.8, 4) is 11.3 Å². The predicted octanol–water partition coefficient (Wildman–Crippen LogP) is 3.36. The van der Waals surface area contributed by atoms with Crippen LogP contribution < -0.4 is 0 Å². The molecule has 4 fully saturated rings. The molecular weight excluding hydrogens is 414 g/mol. The fraction of sp³-hybridized carbons (Fsp3) is 0.600. The van der Waals surface area contributed by atoms with E-state index in [1.54, 1.807) is 0 Å². The van der Waals surface area contributed by atoms with Crippen molar-refractivity contribution in [3.05, 3.63) is 30.1 Å². The summed E-state index contributed by atoms with van der Waals surface area (Å²) in [5, 5.41) is 17.1. The third kappa shape index (κ3) is 4.34. The minimum Gasteiger partial charge on any atom is -0.301 e. The SMILES string of the molecule is O=C(C[C@@H]1CC2CCN1CC2)c1n[nH]c2cc(-c3cn(CCN4CCCCC4)nn3)ccc12. The van der Waals surface area contributed by atoms with E-state index in [0.29, 0.717) is 18.2 Å². The molecule has 0 spiro atoms. The number of ketones is 1. The molecule has 0 amide bonds. The summed E-state index contributed by atoms with van der Waals surface area (Å²) in [4.78, 5) is 18.1. The van der Waals surface area contributed by atoms with E-state index in [4.69, 9.17) is 0 Å². The number of nitrogens with one attached hydrogen (secondary N) is 1. The molecular formula is C25H33N7O. The minimum absolute atomic E-state index is 0.148. The van der Waals surface area contributed by atoms with Crippen LogP contribution in [0.5, 0.6) is 0 Å². The molecule has 0 unspecified atom stereocenters. The largest absolute Gasteiger partial charge is 0.301 e. The van der Waals surface area contributed by atoms with Gasteiger partial charge in [0.15, 0.2) is 5.78 Å². The first-order chi connectivity index (χ1) is 16.2. The fourth-order valence-electron chi connectivity index (χ4n) is 5.97. The van der Waals surface area contributed by atoms with E-state index in [-0.39, 0.29) is 5.78 Å². The number of nitrogens with zero attached hydrogens (tertiary/aromatic N) is 6. The van der Waals surface area contributed by atoms with E-state index in [1.807, 2.05) is 29.1 Å². The Bertz CT molecular complexity index is 1120. The van der Waals surface area contributed by atoms with Gasteiger partial charge in [0.05, 0.1) is 18.3 Å². The van der Waals surface area contributed by atoms with Gasteiger partial charge in [-0.25, -0.2) is 0 Å². The summed E-state index contributed by atoms with van der Waals surface area (Å²) < 4.78 is 1.93. The van der Waals surface area contributed by atoms with Crippen LogP contribution in [0.1, 0.15) is 55.4 Å². The average Bonchev–Trinajstić information content (AvgIpc) is 3.51. The summed E-state index contributed by atoms with van der Waals surface area (Å²) in [7, 11) is 0. The number of hydrogen-bond donors (Lipinski definition) is 1. The van der Waals surface area contributed by atoms with E-state index in [9.17, 15) is 4.79 Å². The second-order valence-electron chi connectivity index (χ2n) is 10.1. The quantitative estimate of drug-likeness (QED) is 0.559. The van der Waals surface area contributed by atoms with Gasteiger partial charge >= 0.3 is 0 Å². The molecule has 8 heteroatoms. The maximum absolute atomic E-state index is 13.1. The lowest BCUT2D eigenvalue weighted by Gasteiger charge is -2.45. The molecule has 2 aromatic heterocycles. The van der Waals surface area contributed by atoms with Crippen LogP contribution in [0.25, 0.3) is 22.2 Å². The number of aromatic nitrogens is 5. The first-order valence-corrected chi connectivity index (χ1v) is 12.6. The summed E-state index contributed by atoms with van der Waals surface area (Å²) in [6.45, 7) is 6.55. The lowest BCUT2D eigenvalue weighted by Crippen LogP contribution is -2.49. The van der Waals surface area contributed by atoms with Gasteiger partial charge in [0.25, 0.3) is 0 Å². The Morgan fingerprint density at radius 1 is 1.06 bits per heavy atom. The summed E-state index contributed by atoms with van der Waals surface area (Å²) in [6, 6.07) is 6.45.